The summed E-state index contributed by atoms with van der Waals surface area (Å²) in [4.78, 5) is 20.1. The average molecular weight is 460 g/mol. The molecule has 2 saturated heterocycles. The van der Waals surface area contributed by atoms with E-state index in [0.29, 0.717) is 36.8 Å². The molecule has 0 aromatic heterocycles. The molecule has 0 N–H and O–H groups in total. The molecule has 2 unspecified atom stereocenters. The molecule has 0 radical (unpaired) electrons. The first-order chi connectivity index (χ1) is 16.5. The lowest BCUT2D eigenvalue weighted by Gasteiger charge is -2.45. The van der Waals surface area contributed by atoms with Gasteiger partial charge in [0.15, 0.2) is 11.5 Å². The lowest BCUT2D eigenvalue weighted by molar-refractivity contribution is 0.0772. The van der Waals surface area contributed by atoms with Crippen molar-refractivity contribution in [2.45, 2.75) is 71.5 Å². The van der Waals surface area contributed by atoms with Crippen molar-refractivity contribution >= 4 is 17.3 Å². The van der Waals surface area contributed by atoms with Crippen molar-refractivity contribution in [2.75, 3.05) is 24.5 Å². The molecule has 5 heteroatoms. The van der Waals surface area contributed by atoms with Crippen LogP contribution in [-0.2, 0) is 0 Å². The Labute approximate surface area is 204 Å². The van der Waals surface area contributed by atoms with E-state index in [0.717, 1.165) is 42.3 Å². The predicted octanol–water partition coefficient (Wildman–Crippen LogP) is 6.37. The molecular formula is C29H37N3O2. The number of ether oxygens (including phenoxy) is 1. The minimum Gasteiger partial charge on any atom is -0.453 e. The van der Waals surface area contributed by atoms with Gasteiger partial charge in [-0.15, -0.1) is 0 Å². The number of hydrogen-bond donors (Lipinski definition) is 0. The summed E-state index contributed by atoms with van der Waals surface area (Å²) in [5.74, 6) is 1.73. The van der Waals surface area contributed by atoms with E-state index in [4.69, 9.17) is 4.74 Å². The smallest absolute Gasteiger partial charge is 0.253 e. The first-order valence-electron chi connectivity index (χ1n) is 12.9. The zero-order valence-electron chi connectivity index (χ0n) is 21.0. The fourth-order valence-corrected chi connectivity index (χ4v) is 6.05. The Morgan fingerprint density at radius 3 is 2.32 bits per heavy atom. The van der Waals surface area contributed by atoms with E-state index in [1.807, 2.05) is 43.0 Å². The van der Waals surface area contributed by atoms with Gasteiger partial charge in [-0.25, -0.2) is 0 Å². The minimum atomic E-state index is 0.0624. The first kappa shape index (κ1) is 23.0. The van der Waals surface area contributed by atoms with E-state index >= 15 is 0 Å². The molecule has 5 rings (SSSR count). The number of anilines is 2. The normalized spacial score (nSPS) is 23.1. The van der Waals surface area contributed by atoms with E-state index in [-0.39, 0.29) is 5.91 Å². The van der Waals surface area contributed by atoms with Gasteiger partial charge in [-0.3, -0.25) is 9.69 Å². The molecule has 2 bridgehead atoms. The Bertz CT molecular complexity index is 1070. The molecule has 0 spiro atoms. The molecular weight excluding hydrogens is 422 g/mol. The minimum absolute atomic E-state index is 0.0624. The van der Waals surface area contributed by atoms with Crippen LogP contribution in [0.3, 0.4) is 0 Å². The van der Waals surface area contributed by atoms with Crippen LogP contribution < -0.4 is 9.64 Å². The van der Waals surface area contributed by atoms with Crippen molar-refractivity contribution in [3.63, 3.8) is 0 Å². The zero-order valence-corrected chi connectivity index (χ0v) is 21.0. The molecule has 34 heavy (non-hydrogen) atoms. The maximum Gasteiger partial charge on any atom is 0.253 e. The number of amides is 1. The van der Waals surface area contributed by atoms with Crippen LogP contribution in [0.4, 0.5) is 11.4 Å². The monoisotopic (exact) mass is 459 g/mol. The number of allylic oxidation sites excluding steroid dienone is 1. The second-order valence-electron chi connectivity index (χ2n) is 10.1. The number of benzene rings is 2. The highest BCUT2D eigenvalue weighted by Crippen LogP contribution is 2.51. The van der Waals surface area contributed by atoms with Crippen molar-refractivity contribution in [3.05, 3.63) is 59.7 Å². The van der Waals surface area contributed by atoms with Crippen LogP contribution in [0.25, 0.3) is 0 Å². The van der Waals surface area contributed by atoms with Crippen LogP contribution in [0.5, 0.6) is 11.5 Å². The van der Waals surface area contributed by atoms with Gasteiger partial charge in [0, 0.05) is 43.3 Å². The maximum atomic E-state index is 13.0. The summed E-state index contributed by atoms with van der Waals surface area (Å²) in [5.41, 5.74) is 4.31. The van der Waals surface area contributed by atoms with Gasteiger partial charge in [-0.1, -0.05) is 23.8 Å². The Morgan fingerprint density at radius 1 is 0.971 bits per heavy atom. The molecule has 2 fully saturated rings. The van der Waals surface area contributed by atoms with E-state index in [9.17, 15) is 4.79 Å². The maximum absolute atomic E-state index is 13.0. The molecule has 1 amide bonds. The second-order valence-corrected chi connectivity index (χ2v) is 10.1. The number of nitrogens with zero attached hydrogens (tertiary/aromatic N) is 3. The molecule has 2 atom stereocenters. The quantitative estimate of drug-likeness (QED) is 0.470. The SMILES string of the molecule is CCN(CC)C(=O)c1ccc2c(c1)Oc1ccccc1N2C1CC2CCC(C1)N2CC=C(C)C. The highest BCUT2D eigenvalue weighted by molar-refractivity contribution is 5.96. The van der Waals surface area contributed by atoms with Crippen molar-refractivity contribution in [1.29, 1.82) is 0 Å². The van der Waals surface area contributed by atoms with Crippen LogP contribution in [-0.4, -0.2) is 53.5 Å². The van der Waals surface area contributed by atoms with Gasteiger partial charge < -0.3 is 14.5 Å². The second kappa shape index (κ2) is 9.46. The van der Waals surface area contributed by atoms with E-state index in [1.54, 1.807) is 0 Å². The highest BCUT2D eigenvalue weighted by atomic mass is 16.5. The fraction of sp³-hybridized carbons (Fsp3) is 0.483. The summed E-state index contributed by atoms with van der Waals surface area (Å²) in [6.45, 7) is 10.9. The summed E-state index contributed by atoms with van der Waals surface area (Å²) in [6, 6.07) is 16.0. The van der Waals surface area contributed by atoms with Crippen LogP contribution in [0.15, 0.2) is 54.1 Å². The van der Waals surface area contributed by atoms with E-state index < -0.39 is 0 Å². The van der Waals surface area contributed by atoms with Gasteiger partial charge in [0.1, 0.15) is 0 Å². The van der Waals surface area contributed by atoms with Gasteiger partial charge in [0.2, 0.25) is 0 Å². The number of hydrogen-bond acceptors (Lipinski definition) is 4. The predicted molar refractivity (Wildman–Crippen MR) is 138 cm³/mol. The summed E-state index contributed by atoms with van der Waals surface area (Å²) < 4.78 is 6.36. The summed E-state index contributed by atoms with van der Waals surface area (Å²) in [6.07, 6.45) is 7.25. The number of rotatable bonds is 6. The van der Waals surface area contributed by atoms with Gasteiger partial charge in [-0.05, 0) is 83.7 Å². The van der Waals surface area contributed by atoms with Crippen LogP contribution >= 0.6 is 0 Å². The Hall–Kier alpha value is -2.79. The van der Waals surface area contributed by atoms with Crippen LogP contribution in [0.1, 0.15) is 63.7 Å². The van der Waals surface area contributed by atoms with Crippen molar-refractivity contribution in [2.24, 2.45) is 0 Å². The van der Waals surface area contributed by atoms with Crippen LogP contribution in [0.2, 0.25) is 0 Å². The van der Waals surface area contributed by atoms with Crippen LogP contribution in [0, 0.1) is 0 Å². The third kappa shape index (κ3) is 4.11. The summed E-state index contributed by atoms with van der Waals surface area (Å²) in [7, 11) is 0. The molecule has 2 aromatic carbocycles. The molecule has 0 saturated carbocycles. The average Bonchev–Trinajstić information content (AvgIpc) is 3.08. The molecule has 0 aliphatic carbocycles. The van der Waals surface area contributed by atoms with Gasteiger partial charge in [0.25, 0.3) is 5.91 Å². The number of piperidine rings is 1. The molecule has 3 aliphatic heterocycles. The van der Waals surface area contributed by atoms with Gasteiger partial charge >= 0.3 is 0 Å². The topological polar surface area (TPSA) is 36.0 Å². The number of carbonyl (C=O) groups excluding carboxylic acids is 1. The molecule has 3 aliphatic rings. The third-order valence-electron chi connectivity index (χ3n) is 7.80. The van der Waals surface area contributed by atoms with Gasteiger partial charge in [0.05, 0.1) is 11.4 Å². The molecule has 5 nitrogen and oxygen atoms in total. The van der Waals surface area contributed by atoms with E-state index in [2.05, 4.69) is 47.9 Å². The lowest BCUT2D eigenvalue weighted by Crippen LogP contribution is -2.49. The van der Waals surface area contributed by atoms with Gasteiger partial charge in [-0.2, -0.15) is 0 Å². The highest BCUT2D eigenvalue weighted by Gasteiger charge is 2.43. The molecule has 3 heterocycles. The Balaban J connectivity index is 1.47. The Morgan fingerprint density at radius 2 is 1.65 bits per heavy atom. The standard InChI is InChI=1S/C29H37N3O2/c1-5-30(6-2)29(33)21-11-14-26-28(17-21)34-27-10-8-7-9-25(27)32(26)24-18-22-12-13-23(19-24)31(22)16-15-20(3)4/h7-11,14-15,17,22-24H,5-6,12-13,16,18-19H2,1-4H3. The number of fused-ring (bicyclic) bond motifs is 4. The largest absolute Gasteiger partial charge is 0.453 e. The summed E-state index contributed by atoms with van der Waals surface area (Å²) >= 11 is 0. The molecule has 2 aromatic rings. The lowest BCUT2D eigenvalue weighted by atomic mass is 9.93. The van der Waals surface area contributed by atoms with Crippen molar-refractivity contribution in [3.8, 4) is 11.5 Å². The number of carbonyl (C=O) groups is 1. The number of para-hydroxylation sites is 2. The fourth-order valence-electron chi connectivity index (χ4n) is 6.05. The third-order valence-corrected chi connectivity index (χ3v) is 7.80. The van der Waals surface area contributed by atoms with Crippen molar-refractivity contribution < 1.29 is 9.53 Å². The first-order valence-corrected chi connectivity index (χ1v) is 12.9. The van der Waals surface area contributed by atoms with E-state index in [1.165, 1.54) is 18.4 Å². The molecule has 180 valence electrons. The Kier molecular flexibility index (Phi) is 6.39. The van der Waals surface area contributed by atoms with Crippen molar-refractivity contribution in [1.82, 2.24) is 9.80 Å². The zero-order chi connectivity index (χ0) is 23.8. The summed E-state index contributed by atoms with van der Waals surface area (Å²) in [5, 5.41) is 0.